The largest absolute Gasteiger partial charge is 0.496 e. The smallest absolute Gasteiger partial charge is 0.437 e. The number of carbonyl (C=O) groups excluding carboxylic acids is 1. The molecular formula is C20H18F3N3O3. The fraction of sp³-hybridized carbons (Fsp3) is 0.200. The van der Waals surface area contributed by atoms with Crippen molar-refractivity contribution in [3.63, 3.8) is 0 Å². The monoisotopic (exact) mass is 405 g/mol. The third-order valence-corrected chi connectivity index (χ3v) is 4.06. The number of benzene rings is 2. The van der Waals surface area contributed by atoms with Crippen molar-refractivity contribution in [3.8, 4) is 17.2 Å². The van der Waals surface area contributed by atoms with Gasteiger partial charge in [0.05, 0.1) is 19.0 Å². The minimum Gasteiger partial charge on any atom is -0.496 e. The van der Waals surface area contributed by atoms with Crippen LogP contribution in [-0.4, -0.2) is 29.5 Å². The van der Waals surface area contributed by atoms with Crippen molar-refractivity contribution >= 4 is 6.09 Å². The maximum absolute atomic E-state index is 13.5. The Morgan fingerprint density at radius 2 is 1.76 bits per heavy atom. The van der Waals surface area contributed by atoms with Crippen LogP contribution >= 0.6 is 0 Å². The van der Waals surface area contributed by atoms with Crippen molar-refractivity contribution in [3.05, 3.63) is 72.1 Å². The van der Waals surface area contributed by atoms with Gasteiger partial charge in [-0.15, -0.1) is 0 Å². The number of methoxy groups -OCH3 is 1. The van der Waals surface area contributed by atoms with E-state index in [-0.39, 0.29) is 12.2 Å². The van der Waals surface area contributed by atoms with Crippen molar-refractivity contribution < 1.29 is 27.4 Å². The molecule has 0 bridgehead atoms. The lowest BCUT2D eigenvalue weighted by Gasteiger charge is -2.13. The fourth-order valence-corrected chi connectivity index (χ4v) is 2.78. The fourth-order valence-electron chi connectivity index (χ4n) is 2.78. The summed E-state index contributed by atoms with van der Waals surface area (Å²) in [4.78, 5) is 12.0. The highest BCUT2D eigenvalue weighted by Crippen LogP contribution is 2.37. The molecule has 0 fully saturated rings. The van der Waals surface area contributed by atoms with E-state index >= 15 is 0 Å². The maximum Gasteiger partial charge on any atom is 0.437 e. The number of carbonyl (C=O) groups is 1. The summed E-state index contributed by atoms with van der Waals surface area (Å²) in [6.07, 6.45) is -4.47. The zero-order chi connectivity index (χ0) is 20.9. The first-order valence-corrected chi connectivity index (χ1v) is 8.68. The van der Waals surface area contributed by atoms with Gasteiger partial charge in [-0.05, 0) is 30.2 Å². The molecule has 0 aliphatic heterocycles. The van der Waals surface area contributed by atoms with E-state index in [0.29, 0.717) is 16.9 Å². The lowest BCUT2D eigenvalue weighted by atomic mass is 10.1. The summed E-state index contributed by atoms with van der Waals surface area (Å²) in [7, 11) is 1.53. The second-order valence-corrected chi connectivity index (χ2v) is 5.98. The highest BCUT2D eigenvalue weighted by atomic mass is 19.4. The van der Waals surface area contributed by atoms with Crippen LogP contribution in [-0.2, 0) is 12.6 Å². The number of rotatable bonds is 6. The van der Waals surface area contributed by atoms with Crippen LogP contribution in [0.1, 0.15) is 11.3 Å². The van der Waals surface area contributed by atoms with Crippen molar-refractivity contribution in [2.24, 2.45) is 0 Å². The lowest BCUT2D eigenvalue weighted by Crippen LogP contribution is -2.29. The average molecular weight is 405 g/mol. The Hall–Kier alpha value is -3.49. The molecule has 2 aromatic carbocycles. The highest BCUT2D eigenvalue weighted by molar-refractivity contribution is 5.70. The van der Waals surface area contributed by atoms with E-state index in [1.54, 1.807) is 24.3 Å². The Bertz CT molecular complexity index is 972. The van der Waals surface area contributed by atoms with Gasteiger partial charge in [-0.1, -0.05) is 36.4 Å². The Kier molecular flexibility index (Phi) is 6.06. The molecule has 29 heavy (non-hydrogen) atoms. The van der Waals surface area contributed by atoms with Gasteiger partial charge in [-0.3, -0.25) is 0 Å². The summed E-state index contributed by atoms with van der Waals surface area (Å²) >= 11 is 0. The van der Waals surface area contributed by atoms with Crippen LogP contribution in [0.3, 0.4) is 0 Å². The second kappa shape index (κ2) is 8.68. The number of hydrogen-bond donors (Lipinski definition) is 1. The molecule has 1 N–H and O–H groups in total. The molecule has 0 aliphatic carbocycles. The summed E-state index contributed by atoms with van der Waals surface area (Å²) in [5.74, 6) is -0.0118. The first-order chi connectivity index (χ1) is 13.9. The normalized spacial score (nSPS) is 11.2. The summed E-state index contributed by atoms with van der Waals surface area (Å²) < 4.78 is 51.4. The predicted octanol–water partition coefficient (Wildman–Crippen LogP) is 4.23. The molecule has 152 valence electrons. The third kappa shape index (κ3) is 4.87. The number of nitrogens with zero attached hydrogens (tertiary/aromatic N) is 2. The molecule has 3 rings (SSSR count). The van der Waals surface area contributed by atoms with Crippen molar-refractivity contribution in [1.82, 2.24) is 15.1 Å². The molecular weight excluding hydrogens is 387 g/mol. The predicted molar refractivity (Wildman–Crippen MR) is 99.3 cm³/mol. The first-order valence-electron chi connectivity index (χ1n) is 8.68. The quantitative estimate of drug-likeness (QED) is 0.667. The van der Waals surface area contributed by atoms with Gasteiger partial charge in [-0.2, -0.15) is 18.3 Å². The third-order valence-electron chi connectivity index (χ3n) is 4.06. The number of nitrogens with one attached hydrogen (secondary N) is 1. The molecule has 0 spiro atoms. The highest BCUT2D eigenvalue weighted by Gasteiger charge is 2.40. The van der Waals surface area contributed by atoms with Gasteiger partial charge >= 0.3 is 12.3 Å². The van der Waals surface area contributed by atoms with Crippen molar-refractivity contribution in [1.29, 1.82) is 0 Å². The molecule has 0 saturated carbocycles. The molecule has 0 radical (unpaired) electrons. The topological polar surface area (TPSA) is 65.4 Å². The Balaban J connectivity index is 1.70. The van der Waals surface area contributed by atoms with Crippen LogP contribution in [0, 0.1) is 0 Å². The van der Waals surface area contributed by atoms with Crippen LogP contribution in [0.25, 0.3) is 5.69 Å². The van der Waals surface area contributed by atoms with E-state index in [1.807, 2.05) is 18.2 Å². The molecule has 1 heterocycles. The lowest BCUT2D eigenvalue weighted by molar-refractivity contribution is -0.143. The zero-order valence-corrected chi connectivity index (χ0v) is 15.4. The van der Waals surface area contributed by atoms with E-state index in [2.05, 4.69) is 10.4 Å². The maximum atomic E-state index is 13.5. The first kappa shape index (κ1) is 20.2. The zero-order valence-electron chi connectivity index (χ0n) is 15.4. The van der Waals surface area contributed by atoms with Crippen molar-refractivity contribution in [2.75, 3.05) is 13.7 Å². The van der Waals surface area contributed by atoms with Gasteiger partial charge in [-0.25, -0.2) is 9.48 Å². The molecule has 3 aromatic rings. The SMILES string of the molecule is COc1ccccc1CCNC(=O)Oc1cnn(-c2ccccc2)c1C(F)(F)F. The van der Waals surface area contributed by atoms with Crippen LogP contribution in [0.4, 0.5) is 18.0 Å². The minimum atomic E-state index is -4.76. The number of alkyl halides is 3. The summed E-state index contributed by atoms with van der Waals surface area (Å²) in [6.45, 7) is 0.160. The molecule has 1 amide bonds. The molecule has 0 aliphatic rings. The van der Waals surface area contributed by atoms with Gasteiger partial charge in [0.1, 0.15) is 5.75 Å². The van der Waals surface area contributed by atoms with Crippen molar-refractivity contribution in [2.45, 2.75) is 12.6 Å². The Labute approximate surface area is 164 Å². The van der Waals surface area contributed by atoms with E-state index in [1.165, 1.54) is 19.2 Å². The summed E-state index contributed by atoms with van der Waals surface area (Å²) in [6, 6.07) is 15.0. The second-order valence-electron chi connectivity index (χ2n) is 5.98. The molecule has 0 unspecified atom stereocenters. The number of halogens is 3. The van der Waals surface area contributed by atoms with E-state index in [0.717, 1.165) is 11.8 Å². The van der Waals surface area contributed by atoms with Gasteiger partial charge < -0.3 is 14.8 Å². The number of ether oxygens (including phenoxy) is 2. The van der Waals surface area contributed by atoms with E-state index in [9.17, 15) is 18.0 Å². The minimum absolute atomic E-state index is 0.160. The molecule has 0 atom stereocenters. The molecule has 0 saturated heterocycles. The molecule has 9 heteroatoms. The van der Waals surface area contributed by atoms with Gasteiger partial charge in [0.25, 0.3) is 0 Å². The van der Waals surface area contributed by atoms with Gasteiger partial charge in [0, 0.05) is 6.54 Å². The average Bonchev–Trinajstić information content (AvgIpc) is 3.13. The van der Waals surface area contributed by atoms with Crippen LogP contribution < -0.4 is 14.8 Å². The summed E-state index contributed by atoms with van der Waals surface area (Å²) in [5, 5.41) is 6.17. The molecule has 1 aromatic heterocycles. The van der Waals surface area contributed by atoms with Crippen LogP contribution in [0.2, 0.25) is 0 Å². The van der Waals surface area contributed by atoms with E-state index in [4.69, 9.17) is 9.47 Å². The number of amides is 1. The standard InChI is InChI=1S/C20H18F3N3O3/c1-28-16-10-6-5-7-14(16)11-12-24-19(27)29-17-13-25-26(18(17)20(21,22)23)15-8-3-2-4-9-15/h2-10,13H,11-12H2,1H3,(H,24,27). The number of hydrogen-bond acceptors (Lipinski definition) is 4. The van der Waals surface area contributed by atoms with E-state index < -0.39 is 23.7 Å². The Morgan fingerprint density at radius 1 is 1.07 bits per heavy atom. The van der Waals surface area contributed by atoms with Crippen LogP contribution in [0.5, 0.6) is 11.5 Å². The Morgan fingerprint density at radius 3 is 2.45 bits per heavy atom. The number of aromatic nitrogens is 2. The van der Waals surface area contributed by atoms with Gasteiger partial charge in [0.2, 0.25) is 0 Å². The molecule has 6 nitrogen and oxygen atoms in total. The summed E-state index contributed by atoms with van der Waals surface area (Å²) in [5.41, 5.74) is -0.113. The van der Waals surface area contributed by atoms with Crippen LogP contribution in [0.15, 0.2) is 60.8 Å². The van der Waals surface area contributed by atoms with Gasteiger partial charge in [0.15, 0.2) is 11.4 Å². The number of para-hydroxylation sites is 2.